The number of hydrogen-bond acceptors (Lipinski definition) is 2. The fraction of sp³-hybridized carbons (Fsp3) is 0.400. The number of aryl methyl sites for hydroxylation is 1. The number of hydrogen-bond donors (Lipinski definition) is 2. The predicted molar refractivity (Wildman–Crippen MR) is 72.4 cm³/mol. The molecule has 0 bridgehead atoms. The Morgan fingerprint density at radius 2 is 2.17 bits per heavy atom. The van der Waals surface area contributed by atoms with E-state index >= 15 is 0 Å². The van der Waals surface area contributed by atoms with Crippen LogP contribution in [0.15, 0.2) is 36.7 Å². The highest BCUT2D eigenvalue weighted by Gasteiger charge is 2.30. The molecule has 0 unspecified atom stereocenters. The van der Waals surface area contributed by atoms with Gasteiger partial charge in [-0.15, -0.1) is 0 Å². The van der Waals surface area contributed by atoms with E-state index < -0.39 is 0 Å². The van der Waals surface area contributed by atoms with Crippen molar-refractivity contribution in [2.24, 2.45) is 0 Å². The average Bonchev–Trinajstić information content (AvgIpc) is 2.82. The molecule has 0 amide bonds. The normalized spacial score (nSPS) is 22.7. The smallest absolute Gasteiger partial charge is 0.0532 e. The van der Waals surface area contributed by atoms with E-state index in [-0.39, 0.29) is 0 Å². The van der Waals surface area contributed by atoms with Gasteiger partial charge < -0.3 is 5.32 Å². The van der Waals surface area contributed by atoms with Crippen LogP contribution in [-0.2, 0) is 6.54 Å². The van der Waals surface area contributed by atoms with Crippen molar-refractivity contribution < 1.29 is 0 Å². The van der Waals surface area contributed by atoms with E-state index in [9.17, 15) is 0 Å². The Bertz CT molecular complexity index is 498. The van der Waals surface area contributed by atoms with Crippen LogP contribution in [0.25, 0.3) is 0 Å². The minimum atomic E-state index is 0.657. The molecule has 0 atom stereocenters. The molecule has 1 aromatic heterocycles. The Balaban J connectivity index is 1.50. The molecule has 1 fully saturated rings. The minimum absolute atomic E-state index is 0.657. The first-order valence-electron chi connectivity index (χ1n) is 6.59. The zero-order valence-corrected chi connectivity index (χ0v) is 10.7. The third-order valence-corrected chi connectivity index (χ3v) is 3.92. The number of aromatic nitrogens is 2. The van der Waals surface area contributed by atoms with Gasteiger partial charge in [0.2, 0.25) is 0 Å². The van der Waals surface area contributed by atoms with Gasteiger partial charge in [0, 0.05) is 24.3 Å². The van der Waals surface area contributed by atoms with Crippen LogP contribution in [-0.4, -0.2) is 16.2 Å². The van der Waals surface area contributed by atoms with Crippen LogP contribution < -0.4 is 5.32 Å². The summed E-state index contributed by atoms with van der Waals surface area (Å²) in [6, 6.07) is 9.40. The minimum Gasteiger partial charge on any atom is -0.310 e. The Morgan fingerprint density at radius 1 is 1.33 bits per heavy atom. The number of nitrogens with zero attached hydrogens (tertiary/aromatic N) is 1. The molecule has 3 nitrogen and oxygen atoms in total. The molecular formula is C15H19N3. The maximum absolute atomic E-state index is 3.95. The number of aromatic amines is 1. The van der Waals surface area contributed by atoms with Crippen LogP contribution in [0, 0.1) is 6.92 Å². The third kappa shape index (κ3) is 2.31. The highest BCUT2D eigenvalue weighted by atomic mass is 15.1. The largest absolute Gasteiger partial charge is 0.310 e. The molecule has 1 heterocycles. The molecule has 0 spiro atoms. The van der Waals surface area contributed by atoms with E-state index in [1.54, 1.807) is 0 Å². The van der Waals surface area contributed by atoms with Crippen LogP contribution in [0.1, 0.15) is 35.4 Å². The van der Waals surface area contributed by atoms with Gasteiger partial charge in [-0.25, -0.2) is 0 Å². The van der Waals surface area contributed by atoms with Crippen LogP contribution in [0.3, 0.4) is 0 Å². The molecule has 18 heavy (non-hydrogen) atoms. The van der Waals surface area contributed by atoms with Gasteiger partial charge in [-0.1, -0.05) is 24.3 Å². The Kier molecular flexibility index (Phi) is 3.15. The number of H-pyrrole nitrogens is 1. The second-order valence-electron chi connectivity index (χ2n) is 5.21. The molecule has 1 aromatic carbocycles. The van der Waals surface area contributed by atoms with Gasteiger partial charge in [0.25, 0.3) is 0 Å². The van der Waals surface area contributed by atoms with E-state index in [1.807, 2.05) is 12.4 Å². The molecule has 2 aromatic rings. The van der Waals surface area contributed by atoms with Crippen LogP contribution in [0.5, 0.6) is 0 Å². The zero-order valence-electron chi connectivity index (χ0n) is 10.7. The zero-order chi connectivity index (χ0) is 12.4. The van der Waals surface area contributed by atoms with E-state index in [0.29, 0.717) is 6.04 Å². The molecule has 3 heteroatoms. The lowest BCUT2D eigenvalue weighted by atomic mass is 9.74. The van der Waals surface area contributed by atoms with Crippen molar-refractivity contribution in [2.75, 3.05) is 0 Å². The van der Waals surface area contributed by atoms with Gasteiger partial charge in [0.05, 0.1) is 6.20 Å². The van der Waals surface area contributed by atoms with E-state index in [2.05, 4.69) is 46.7 Å². The molecular weight excluding hydrogens is 222 g/mol. The Morgan fingerprint density at radius 3 is 2.89 bits per heavy atom. The maximum Gasteiger partial charge on any atom is 0.0532 e. The fourth-order valence-electron chi connectivity index (χ4n) is 2.72. The third-order valence-electron chi connectivity index (χ3n) is 3.92. The van der Waals surface area contributed by atoms with Gasteiger partial charge in [0.1, 0.15) is 0 Å². The summed E-state index contributed by atoms with van der Waals surface area (Å²) >= 11 is 0. The molecule has 1 aliphatic carbocycles. The summed E-state index contributed by atoms with van der Waals surface area (Å²) in [5, 5.41) is 10.4. The maximum atomic E-state index is 3.95. The first-order chi connectivity index (χ1) is 8.83. The molecule has 0 aliphatic heterocycles. The predicted octanol–water partition coefficient (Wildman–Crippen LogP) is 2.75. The van der Waals surface area contributed by atoms with Crippen molar-refractivity contribution in [3.8, 4) is 0 Å². The van der Waals surface area contributed by atoms with Crippen molar-refractivity contribution in [2.45, 2.75) is 38.3 Å². The number of nitrogens with one attached hydrogen (secondary N) is 2. The van der Waals surface area contributed by atoms with Crippen molar-refractivity contribution in [1.82, 2.24) is 15.5 Å². The SMILES string of the molecule is Cc1ccccc1C1CC(NCc2cn[nH]c2)C1. The van der Waals surface area contributed by atoms with Crippen molar-refractivity contribution >= 4 is 0 Å². The van der Waals surface area contributed by atoms with Gasteiger partial charge in [-0.3, -0.25) is 5.10 Å². The average molecular weight is 241 g/mol. The summed E-state index contributed by atoms with van der Waals surface area (Å²) in [7, 11) is 0. The second kappa shape index (κ2) is 4.94. The van der Waals surface area contributed by atoms with Crippen LogP contribution in [0.2, 0.25) is 0 Å². The Labute approximate surface area is 108 Å². The number of rotatable bonds is 4. The highest BCUT2D eigenvalue weighted by molar-refractivity contribution is 5.31. The molecule has 0 radical (unpaired) electrons. The summed E-state index contributed by atoms with van der Waals surface area (Å²) in [5.41, 5.74) is 4.18. The molecule has 1 aliphatic rings. The molecule has 3 rings (SSSR count). The van der Waals surface area contributed by atoms with Crippen LogP contribution in [0.4, 0.5) is 0 Å². The van der Waals surface area contributed by atoms with Crippen molar-refractivity contribution in [1.29, 1.82) is 0 Å². The summed E-state index contributed by atoms with van der Waals surface area (Å²) in [5.74, 6) is 0.744. The van der Waals surface area contributed by atoms with Crippen molar-refractivity contribution in [3.63, 3.8) is 0 Å². The summed E-state index contributed by atoms with van der Waals surface area (Å²) < 4.78 is 0. The first kappa shape index (κ1) is 11.5. The second-order valence-corrected chi connectivity index (χ2v) is 5.21. The van der Waals surface area contributed by atoms with Gasteiger partial charge in [0.15, 0.2) is 0 Å². The van der Waals surface area contributed by atoms with E-state index in [4.69, 9.17) is 0 Å². The number of benzene rings is 1. The standard InChI is InChI=1S/C15H19N3/c1-11-4-2-3-5-15(11)13-6-14(7-13)16-8-12-9-17-18-10-12/h2-5,9-10,13-14,16H,6-8H2,1H3,(H,17,18). The van der Waals surface area contributed by atoms with Gasteiger partial charge in [-0.05, 0) is 36.8 Å². The lowest BCUT2D eigenvalue weighted by Gasteiger charge is -2.37. The first-order valence-corrected chi connectivity index (χ1v) is 6.59. The highest BCUT2D eigenvalue weighted by Crippen LogP contribution is 2.38. The van der Waals surface area contributed by atoms with Gasteiger partial charge >= 0.3 is 0 Å². The van der Waals surface area contributed by atoms with Crippen LogP contribution >= 0.6 is 0 Å². The lowest BCUT2D eigenvalue weighted by Crippen LogP contribution is -2.39. The summed E-state index contributed by atoms with van der Waals surface area (Å²) in [4.78, 5) is 0. The monoisotopic (exact) mass is 241 g/mol. The quantitative estimate of drug-likeness (QED) is 0.864. The van der Waals surface area contributed by atoms with E-state index in [0.717, 1.165) is 12.5 Å². The lowest BCUT2D eigenvalue weighted by molar-refractivity contribution is 0.289. The molecule has 2 N–H and O–H groups in total. The summed E-state index contributed by atoms with van der Waals surface area (Å²) in [6.07, 6.45) is 6.33. The summed E-state index contributed by atoms with van der Waals surface area (Å²) in [6.45, 7) is 3.13. The molecule has 1 saturated carbocycles. The van der Waals surface area contributed by atoms with Crippen molar-refractivity contribution in [3.05, 3.63) is 53.3 Å². The topological polar surface area (TPSA) is 40.7 Å². The Hall–Kier alpha value is -1.61. The molecule has 94 valence electrons. The molecule has 0 saturated heterocycles. The van der Waals surface area contributed by atoms with E-state index in [1.165, 1.54) is 29.5 Å². The van der Waals surface area contributed by atoms with Gasteiger partial charge in [-0.2, -0.15) is 5.10 Å². The fourth-order valence-corrected chi connectivity index (χ4v) is 2.72.